The molecule has 11 heavy (non-hydrogen) atoms. The van der Waals surface area contributed by atoms with E-state index in [4.69, 9.17) is 0 Å². The first-order chi connectivity index (χ1) is 4.00. The predicted octanol–water partition coefficient (Wildman–Crippen LogP) is 0.288. The summed E-state index contributed by atoms with van der Waals surface area (Å²) in [6.07, 6.45) is 0. The minimum absolute atomic E-state index is 0. The van der Waals surface area contributed by atoms with Crippen LogP contribution in [0.1, 0.15) is 41.5 Å². The standard InChI is InChI=1S/2C4H9O.Fe/c2*1-4(2,3)5;/h2*1-3H3;/q2*-1;+2. The van der Waals surface area contributed by atoms with E-state index in [9.17, 15) is 10.2 Å². The minimum atomic E-state index is -0.750. The Morgan fingerprint density at radius 3 is 0.636 bits per heavy atom. The molecule has 0 unspecified atom stereocenters. The second-order valence-corrected chi connectivity index (χ2v) is 4.22. The van der Waals surface area contributed by atoms with Crippen molar-refractivity contribution in [3.05, 3.63) is 0 Å². The van der Waals surface area contributed by atoms with Crippen LogP contribution in [0.15, 0.2) is 0 Å². The molecular formula is C8H18FeO2. The van der Waals surface area contributed by atoms with E-state index >= 15 is 0 Å². The Morgan fingerprint density at radius 1 is 0.636 bits per heavy atom. The van der Waals surface area contributed by atoms with Crippen LogP contribution in [-0.4, -0.2) is 11.2 Å². The van der Waals surface area contributed by atoms with Crippen LogP contribution in [0, 0.1) is 0 Å². The third kappa shape index (κ3) is 3850. The van der Waals surface area contributed by atoms with Gasteiger partial charge in [-0.25, -0.2) is 0 Å². The molecule has 2 nitrogen and oxygen atoms in total. The van der Waals surface area contributed by atoms with Gasteiger partial charge in [0.1, 0.15) is 0 Å². The Bertz CT molecular complexity index is 55.1. The fraction of sp³-hybridized carbons (Fsp3) is 1.00. The first kappa shape index (κ1) is 17.5. The van der Waals surface area contributed by atoms with Crippen molar-refractivity contribution in [1.29, 1.82) is 0 Å². The van der Waals surface area contributed by atoms with Crippen molar-refractivity contribution in [2.24, 2.45) is 0 Å². The summed E-state index contributed by atoms with van der Waals surface area (Å²) in [5, 5.41) is 20.2. The van der Waals surface area contributed by atoms with Crippen LogP contribution in [-0.2, 0) is 17.1 Å². The molecule has 0 bridgehead atoms. The zero-order chi connectivity index (χ0) is 9.00. The van der Waals surface area contributed by atoms with Gasteiger partial charge in [-0.1, -0.05) is 41.5 Å². The molecular weight excluding hydrogens is 184 g/mol. The third-order valence-corrected chi connectivity index (χ3v) is 0. The van der Waals surface area contributed by atoms with Gasteiger partial charge >= 0.3 is 17.1 Å². The average molecular weight is 202 g/mol. The second-order valence-electron chi connectivity index (χ2n) is 4.22. The Balaban J connectivity index is -0.000000107. The van der Waals surface area contributed by atoms with Gasteiger partial charge in [0.25, 0.3) is 0 Å². The molecule has 3 heteroatoms. The van der Waals surface area contributed by atoms with Crippen molar-refractivity contribution in [2.75, 3.05) is 0 Å². The molecule has 0 aromatic carbocycles. The molecule has 0 aromatic rings. The summed E-state index contributed by atoms with van der Waals surface area (Å²) in [7, 11) is 0. The van der Waals surface area contributed by atoms with Crippen molar-refractivity contribution < 1.29 is 27.3 Å². The van der Waals surface area contributed by atoms with Crippen LogP contribution >= 0.6 is 0 Å². The molecule has 70 valence electrons. The summed E-state index contributed by atoms with van der Waals surface area (Å²) in [6.45, 7) is 9.79. The summed E-state index contributed by atoms with van der Waals surface area (Å²) in [5.41, 5.74) is -1.50. The van der Waals surface area contributed by atoms with Crippen LogP contribution in [0.2, 0.25) is 0 Å². The predicted molar refractivity (Wildman–Crippen MR) is 39.5 cm³/mol. The van der Waals surface area contributed by atoms with Crippen LogP contribution in [0.25, 0.3) is 0 Å². The van der Waals surface area contributed by atoms with Gasteiger partial charge in [-0.05, 0) is 0 Å². The maximum Gasteiger partial charge on any atom is 2.00 e. The monoisotopic (exact) mass is 202 g/mol. The molecule has 0 atom stereocenters. The molecule has 0 aromatic heterocycles. The van der Waals surface area contributed by atoms with Crippen LogP contribution in [0.5, 0.6) is 0 Å². The van der Waals surface area contributed by atoms with E-state index in [1.54, 1.807) is 41.5 Å². The van der Waals surface area contributed by atoms with Crippen molar-refractivity contribution >= 4 is 0 Å². The molecule has 0 radical (unpaired) electrons. The quantitative estimate of drug-likeness (QED) is 0.530. The zero-order valence-corrected chi connectivity index (χ0v) is 9.27. The molecule has 0 fully saturated rings. The van der Waals surface area contributed by atoms with E-state index < -0.39 is 11.2 Å². The molecule has 0 spiro atoms. The van der Waals surface area contributed by atoms with E-state index in [1.807, 2.05) is 0 Å². The summed E-state index contributed by atoms with van der Waals surface area (Å²) in [5.74, 6) is 0. The van der Waals surface area contributed by atoms with Gasteiger partial charge in [-0.2, -0.15) is 0 Å². The van der Waals surface area contributed by atoms with E-state index in [-0.39, 0.29) is 17.1 Å². The van der Waals surface area contributed by atoms with Crippen molar-refractivity contribution in [2.45, 2.75) is 52.7 Å². The van der Waals surface area contributed by atoms with Gasteiger partial charge in [0.15, 0.2) is 0 Å². The minimum Gasteiger partial charge on any atom is -0.850 e. The molecule has 0 aliphatic carbocycles. The Kier molecular flexibility index (Phi) is 9.57. The Morgan fingerprint density at radius 2 is 0.636 bits per heavy atom. The number of hydrogen-bond donors (Lipinski definition) is 0. The summed E-state index contributed by atoms with van der Waals surface area (Å²) >= 11 is 0. The van der Waals surface area contributed by atoms with Crippen LogP contribution in [0.3, 0.4) is 0 Å². The number of hydrogen-bond acceptors (Lipinski definition) is 2. The molecule has 0 N–H and O–H groups in total. The fourth-order valence-corrected chi connectivity index (χ4v) is 0. The average Bonchev–Trinajstić information content (AvgIpc) is 1.12. The fourth-order valence-electron chi connectivity index (χ4n) is 0. The molecule has 0 saturated carbocycles. The molecule has 0 aliphatic rings. The third-order valence-electron chi connectivity index (χ3n) is 0. The zero-order valence-electron chi connectivity index (χ0n) is 8.17. The van der Waals surface area contributed by atoms with Crippen molar-refractivity contribution in [3.63, 3.8) is 0 Å². The maximum atomic E-state index is 10.1. The largest absolute Gasteiger partial charge is 2.00 e. The molecule has 0 saturated heterocycles. The maximum absolute atomic E-state index is 10.1. The first-order valence-corrected chi connectivity index (χ1v) is 3.41. The topological polar surface area (TPSA) is 46.1 Å². The SMILES string of the molecule is CC(C)(C)[O-].CC(C)(C)[O-].[Fe+2]. The Labute approximate surface area is 80.5 Å². The van der Waals surface area contributed by atoms with E-state index in [0.29, 0.717) is 0 Å². The van der Waals surface area contributed by atoms with E-state index in [1.165, 1.54) is 0 Å². The summed E-state index contributed by atoms with van der Waals surface area (Å²) in [6, 6.07) is 0. The molecule has 0 heterocycles. The molecule has 0 amide bonds. The molecule has 0 rings (SSSR count). The van der Waals surface area contributed by atoms with Gasteiger partial charge in [0.05, 0.1) is 0 Å². The van der Waals surface area contributed by atoms with Crippen molar-refractivity contribution in [1.82, 2.24) is 0 Å². The van der Waals surface area contributed by atoms with E-state index in [0.717, 1.165) is 0 Å². The van der Waals surface area contributed by atoms with Gasteiger partial charge in [-0.3, -0.25) is 0 Å². The van der Waals surface area contributed by atoms with Crippen LogP contribution in [0.4, 0.5) is 0 Å². The van der Waals surface area contributed by atoms with Crippen molar-refractivity contribution in [3.8, 4) is 0 Å². The van der Waals surface area contributed by atoms with E-state index in [2.05, 4.69) is 0 Å². The smallest absolute Gasteiger partial charge is 0.850 e. The second kappa shape index (κ2) is 6.01. The van der Waals surface area contributed by atoms with Gasteiger partial charge in [-0.15, -0.1) is 11.2 Å². The van der Waals surface area contributed by atoms with Gasteiger partial charge < -0.3 is 10.2 Å². The van der Waals surface area contributed by atoms with Gasteiger partial charge in [0, 0.05) is 0 Å². The molecule has 0 aliphatic heterocycles. The first-order valence-electron chi connectivity index (χ1n) is 3.41. The normalized spacial score (nSPS) is 10.9. The van der Waals surface area contributed by atoms with Crippen LogP contribution < -0.4 is 10.2 Å². The summed E-state index contributed by atoms with van der Waals surface area (Å²) in [4.78, 5) is 0. The van der Waals surface area contributed by atoms with Gasteiger partial charge in [0.2, 0.25) is 0 Å². The summed E-state index contributed by atoms with van der Waals surface area (Å²) < 4.78 is 0. The number of rotatable bonds is 0. The Hall–Kier alpha value is 0.439.